The van der Waals surface area contributed by atoms with Gasteiger partial charge in [-0.25, -0.2) is 4.98 Å². The maximum Gasteiger partial charge on any atom is 0.184 e. The second-order valence-electron chi connectivity index (χ2n) is 5.64. The maximum atomic E-state index is 5.82. The predicted octanol–water partition coefficient (Wildman–Crippen LogP) is 2.38. The fraction of sp³-hybridized carbons (Fsp3) is 0.500. The highest BCUT2D eigenvalue weighted by Crippen LogP contribution is 2.33. The van der Waals surface area contributed by atoms with Gasteiger partial charge in [0.25, 0.3) is 0 Å². The molecular formula is C14H18N4S. The van der Waals surface area contributed by atoms with Crippen molar-refractivity contribution in [1.82, 2.24) is 9.88 Å². The Morgan fingerprint density at radius 3 is 2.89 bits per heavy atom. The molecule has 0 saturated carbocycles. The van der Waals surface area contributed by atoms with Gasteiger partial charge in [0.1, 0.15) is 0 Å². The zero-order valence-electron chi connectivity index (χ0n) is 10.8. The van der Waals surface area contributed by atoms with Crippen LogP contribution in [0.4, 0.5) is 10.8 Å². The van der Waals surface area contributed by atoms with Gasteiger partial charge in [-0.1, -0.05) is 11.3 Å². The zero-order valence-corrected chi connectivity index (χ0v) is 11.6. The average molecular weight is 274 g/mol. The van der Waals surface area contributed by atoms with Gasteiger partial charge in [-0.2, -0.15) is 0 Å². The van der Waals surface area contributed by atoms with Crippen molar-refractivity contribution in [1.29, 1.82) is 0 Å². The van der Waals surface area contributed by atoms with Gasteiger partial charge in [-0.15, -0.1) is 0 Å². The van der Waals surface area contributed by atoms with E-state index in [2.05, 4.69) is 15.2 Å². The summed E-state index contributed by atoms with van der Waals surface area (Å²) in [4.78, 5) is 7.22. The van der Waals surface area contributed by atoms with Crippen LogP contribution in [0.2, 0.25) is 0 Å². The maximum absolute atomic E-state index is 5.82. The lowest BCUT2D eigenvalue weighted by Gasteiger charge is -2.44. The smallest absolute Gasteiger partial charge is 0.184 e. The monoisotopic (exact) mass is 274 g/mol. The lowest BCUT2D eigenvalue weighted by atomic mass is 9.84. The molecule has 19 heavy (non-hydrogen) atoms. The van der Waals surface area contributed by atoms with E-state index in [1.165, 1.54) is 37.2 Å². The first kappa shape index (κ1) is 11.5. The summed E-state index contributed by atoms with van der Waals surface area (Å²) in [6, 6.07) is 6.50. The highest BCUT2D eigenvalue weighted by molar-refractivity contribution is 7.22. The molecule has 5 heteroatoms. The third kappa shape index (κ3) is 2.07. The summed E-state index contributed by atoms with van der Waals surface area (Å²) in [6.07, 6.45) is 2.66. The molecule has 1 aromatic heterocycles. The highest BCUT2D eigenvalue weighted by atomic mass is 32.1. The van der Waals surface area contributed by atoms with Gasteiger partial charge >= 0.3 is 0 Å². The Hall–Kier alpha value is -1.33. The minimum atomic E-state index is 0.570. The molecule has 1 unspecified atom stereocenters. The lowest BCUT2D eigenvalue weighted by molar-refractivity contribution is 0.0975. The van der Waals surface area contributed by atoms with Crippen molar-refractivity contribution in [2.24, 2.45) is 5.92 Å². The van der Waals surface area contributed by atoms with Crippen LogP contribution >= 0.6 is 11.3 Å². The van der Waals surface area contributed by atoms with Crippen LogP contribution in [0.3, 0.4) is 0 Å². The van der Waals surface area contributed by atoms with Crippen LogP contribution in [-0.2, 0) is 0 Å². The molecule has 3 saturated heterocycles. The summed E-state index contributed by atoms with van der Waals surface area (Å²) in [7, 11) is 0. The molecule has 5 rings (SSSR count). The van der Waals surface area contributed by atoms with Crippen molar-refractivity contribution in [3.05, 3.63) is 18.2 Å². The number of thiazole rings is 1. The van der Waals surface area contributed by atoms with Crippen LogP contribution in [0, 0.1) is 5.92 Å². The SMILES string of the molecule is Nc1ccc2nc(NC3CN4CCC3CC4)sc2c1. The normalized spacial score (nSPS) is 29.8. The number of nitrogens with one attached hydrogen (secondary N) is 1. The number of anilines is 2. The molecule has 2 bridgehead atoms. The Bertz CT molecular complexity index is 601. The number of hydrogen-bond donors (Lipinski definition) is 2. The summed E-state index contributed by atoms with van der Waals surface area (Å²) >= 11 is 1.71. The minimum absolute atomic E-state index is 0.570. The molecule has 1 atom stereocenters. The summed E-state index contributed by atoms with van der Waals surface area (Å²) < 4.78 is 1.17. The lowest BCUT2D eigenvalue weighted by Crippen LogP contribution is -2.53. The zero-order chi connectivity index (χ0) is 12.8. The molecule has 100 valence electrons. The molecule has 2 aromatic rings. The number of fused-ring (bicyclic) bond motifs is 4. The van der Waals surface area contributed by atoms with Gasteiger partial charge < -0.3 is 16.0 Å². The van der Waals surface area contributed by atoms with Gasteiger partial charge in [-0.3, -0.25) is 0 Å². The molecular weight excluding hydrogens is 256 g/mol. The standard InChI is InChI=1S/C14H18N4S/c15-10-1-2-11-13(7-10)19-14(16-11)17-12-8-18-5-3-9(12)4-6-18/h1-2,7,9,12H,3-6,8,15H2,(H,16,17). The van der Waals surface area contributed by atoms with Crippen LogP contribution in [0.25, 0.3) is 10.2 Å². The number of nitrogens with two attached hydrogens (primary N) is 1. The van der Waals surface area contributed by atoms with Crippen molar-refractivity contribution < 1.29 is 0 Å². The summed E-state index contributed by atoms with van der Waals surface area (Å²) in [5.41, 5.74) is 7.67. The molecule has 0 amide bonds. The van der Waals surface area contributed by atoms with Gasteiger partial charge in [0.05, 0.1) is 10.2 Å². The Balaban J connectivity index is 1.58. The number of hydrogen-bond acceptors (Lipinski definition) is 5. The predicted molar refractivity (Wildman–Crippen MR) is 80.6 cm³/mol. The Morgan fingerprint density at radius 1 is 1.32 bits per heavy atom. The van der Waals surface area contributed by atoms with E-state index in [0.717, 1.165) is 22.3 Å². The molecule has 3 aliphatic rings. The third-order valence-corrected chi connectivity index (χ3v) is 5.33. The van der Waals surface area contributed by atoms with Gasteiger partial charge in [-0.05, 0) is 50.0 Å². The Labute approximate surface area is 116 Å². The summed E-state index contributed by atoms with van der Waals surface area (Å²) in [5, 5.41) is 4.69. The van der Waals surface area contributed by atoms with Crippen LogP contribution in [0.15, 0.2) is 18.2 Å². The average Bonchev–Trinajstić information content (AvgIpc) is 2.81. The number of nitrogens with zero attached hydrogens (tertiary/aromatic N) is 2. The molecule has 3 fully saturated rings. The Morgan fingerprint density at radius 2 is 2.16 bits per heavy atom. The molecule has 4 nitrogen and oxygen atoms in total. The number of nitrogen functional groups attached to an aromatic ring is 1. The van der Waals surface area contributed by atoms with E-state index in [4.69, 9.17) is 5.73 Å². The van der Waals surface area contributed by atoms with E-state index in [1.54, 1.807) is 11.3 Å². The number of rotatable bonds is 2. The highest BCUT2D eigenvalue weighted by Gasteiger charge is 2.34. The molecule has 3 N–H and O–H groups in total. The van der Waals surface area contributed by atoms with E-state index in [-0.39, 0.29) is 0 Å². The van der Waals surface area contributed by atoms with E-state index in [1.807, 2.05) is 18.2 Å². The van der Waals surface area contributed by atoms with E-state index < -0.39 is 0 Å². The van der Waals surface area contributed by atoms with Crippen LogP contribution < -0.4 is 11.1 Å². The van der Waals surface area contributed by atoms with Gasteiger partial charge in [0.2, 0.25) is 0 Å². The van der Waals surface area contributed by atoms with Crippen molar-refractivity contribution in [2.75, 3.05) is 30.7 Å². The first-order valence-corrected chi connectivity index (χ1v) is 7.74. The van der Waals surface area contributed by atoms with E-state index >= 15 is 0 Å². The summed E-state index contributed by atoms with van der Waals surface area (Å²) in [6.45, 7) is 3.72. The Kier molecular flexibility index (Phi) is 2.63. The van der Waals surface area contributed by atoms with E-state index in [9.17, 15) is 0 Å². The first-order valence-electron chi connectivity index (χ1n) is 6.93. The van der Waals surface area contributed by atoms with Gasteiger partial charge in [0, 0.05) is 18.3 Å². The van der Waals surface area contributed by atoms with Gasteiger partial charge in [0.15, 0.2) is 5.13 Å². The number of benzene rings is 1. The number of aromatic nitrogens is 1. The van der Waals surface area contributed by atoms with Crippen molar-refractivity contribution in [2.45, 2.75) is 18.9 Å². The van der Waals surface area contributed by atoms with E-state index in [0.29, 0.717) is 6.04 Å². The van der Waals surface area contributed by atoms with Crippen molar-refractivity contribution >= 4 is 32.4 Å². The van der Waals surface area contributed by atoms with Crippen LogP contribution in [-0.4, -0.2) is 35.6 Å². The fourth-order valence-corrected chi connectivity index (χ4v) is 4.27. The quantitative estimate of drug-likeness (QED) is 0.826. The fourth-order valence-electron chi connectivity index (χ4n) is 3.29. The molecule has 0 aliphatic carbocycles. The first-order chi connectivity index (χ1) is 9.28. The van der Waals surface area contributed by atoms with Crippen LogP contribution in [0.5, 0.6) is 0 Å². The number of piperidine rings is 3. The van der Waals surface area contributed by atoms with Crippen LogP contribution in [0.1, 0.15) is 12.8 Å². The largest absolute Gasteiger partial charge is 0.399 e. The molecule has 3 aliphatic heterocycles. The molecule has 4 heterocycles. The third-order valence-electron chi connectivity index (χ3n) is 4.38. The molecule has 1 aromatic carbocycles. The minimum Gasteiger partial charge on any atom is -0.399 e. The molecule has 0 spiro atoms. The van der Waals surface area contributed by atoms with Crippen molar-refractivity contribution in [3.8, 4) is 0 Å². The topological polar surface area (TPSA) is 54.2 Å². The summed E-state index contributed by atoms with van der Waals surface area (Å²) in [5.74, 6) is 0.821. The van der Waals surface area contributed by atoms with Crippen molar-refractivity contribution in [3.63, 3.8) is 0 Å². The molecule has 0 radical (unpaired) electrons. The second kappa shape index (κ2) is 4.35. The second-order valence-corrected chi connectivity index (χ2v) is 6.67.